The van der Waals surface area contributed by atoms with Crippen molar-refractivity contribution >= 4 is 22.0 Å². The van der Waals surface area contributed by atoms with E-state index in [2.05, 4.69) is 10.6 Å². The van der Waals surface area contributed by atoms with Crippen LogP contribution in [-0.4, -0.2) is 38.6 Å². The lowest BCUT2D eigenvalue weighted by Crippen LogP contribution is -2.51. The number of carbonyl (C=O) groups excluding carboxylic acids is 2. The van der Waals surface area contributed by atoms with Gasteiger partial charge in [0.15, 0.2) is 0 Å². The lowest BCUT2D eigenvalue weighted by molar-refractivity contribution is -0.124. The average molecular weight is 400 g/mol. The Kier molecular flexibility index (Phi) is 7.79. The molecule has 9 heteroatoms. The quantitative estimate of drug-likeness (QED) is 0.641. The summed E-state index contributed by atoms with van der Waals surface area (Å²) in [7, 11) is -3.72. The summed E-state index contributed by atoms with van der Waals surface area (Å²) in [5, 5.41) is 10.4. The Morgan fingerprint density at radius 3 is 2.15 bits per heavy atom. The van der Waals surface area contributed by atoms with Crippen LogP contribution in [0.2, 0.25) is 0 Å². The first-order valence-corrected chi connectivity index (χ1v) is 10.2. The fourth-order valence-electron chi connectivity index (χ4n) is 2.26. The largest absolute Gasteiger partial charge is 0.444 e. The zero-order valence-corrected chi connectivity index (χ0v) is 17.2. The summed E-state index contributed by atoms with van der Waals surface area (Å²) in [4.78, 5) is 24.3. The van der Waals surface area contributed by atoms with Crippen molar-refractivity contribution in [1.29, 1.82) is 0 Å². The molecule has 0 aliphatic carbocycles. The van der Waals surface area contributed by atoms with E-state index in [1.165, 1.54) is 12.1 Å². The molecule has 1 atom stereocenters. The van der Waals surface area contributed by atoms with Gasteiger partial charge in [-0.1, -0.05) is 26.0 Å². The number of ether oxygens (including phenoxy) is 1. The van der Waals surface area contributed by atoms with Crippen LogP contribution in [0.4, 0.5) is 4.79 Å². The molecule has 1 unspecified atom stereocenters. The molecule has 0 aliphatic rings. The van der Waals surface area contributed by atoms with Crippen molar-refractivity contribution in [1.82, 2.24) is 10.6 Å². The van der Waals surface area contributed by atoms with E-state index in [4.69, 9.17) is 9.88 Å². The number of primary sulfonamides is 1. The number of hydrogen-bond acceptors (Lipinski definition) is 5. The lowest BCUT2D eigenvalue weighted by atomic mass is 10.0. The molecule has 4 N–H and O–H groups in total. The number of sulfonamides is 1. The van der Waals surface area contributed by atoms with Gasteiger partial charge in [-0.05, 0) is 50.8 Å². The maximum absolute atomic E-state index is 12.4. The highest BCUT2D eigenvalue weighted by Crippen LogP contribution is 2.10. The minimum Gasteiger partial charge on any atom is -0.444 e. The molecule has 0 radical (unpaired) electrons. The van der Waals surface area contributed by atoms with Gasteiger partial charge in [0.2, 0.25) is 15.9 Å². The maximum atomic E-state index is 12.4. The Balaban J connectivity index is 2.58. The Morgan fingerprint density at radius 2 is 1.70 bits per heavy atom. The third-order valence-corrected chi connectivity index (χ3v) is 4.52. The molecule has 0 fully saturated rings. The van der Waals surface area contributed by atoms with Crippen LogP contribution in [0.1, 0.15) is 40.2 Å². The molecule has 152 valence electrons. The Hall–Kier alpha value is -2.13. The molecular weight excluding hydrogens is 370 g/mol. The minimum absolute atomic E-state index is 0.0386. The van der Waals surface area contributed by atoms with Crippen molar-refractivity contribution in [3.8, 4) is 0 Å². The molecule has 0 bridgehead atoms. The Bertz CT molecular complexity index is 752. The Labute approximate surface area is 160 Å². The summed E-state index contributed by atoms with van der Waals surface area (Å²) in [6.07, 6.45) is -0.136. The number of nitrogens with two attached hydrogens (primary N) is 1. The van der Waals surface area contributed by atoms with E-state index < -0.39 is 27.8 Å². The molecular formula is C18H29N3O5S. The van der Waals surface area contributed by atoms with Gasteiger partial charge >= 0.3 is 6.09 Å². The van der Waals surface area contributed by atoms with Crippen molar-refractivity contribution < 1.29 is 22.7 Å². The monoisotopic (exact) mass is 399 g/mol. The number of hydrogen-bond donors (Lipinski definition) is 3. The number of alkyl carbamates (subject to hydrolysis) is 1. The van der Waals surface area contributed by atoms with Gasteiger partial charge in [-0.25, -0.2) is 18.4 Å². The lowest BCUT2D eigenvalue weighted by Gasteiger charge is -2.25. The molecule has 0 saturated heterocycles. The third-order valence-electron chi connectivity index (χ3n) is 3.59. The molecule has 0 saturated carbocycles. The van der Waals surface area contributed by atoms with Crippen molar-refractivity contribution in [3.63, 3.8) is 0 Å². The summed E-state index contributed by atoms with van der Waals surface area (Å²) in [5.41, 5.74) is 0.203. The summed E-state index contributed by atoms with van der Waals surface area (Å²) < 4.78 is 27.7. The van der Waals surface area contributed by atoms with E-state index in [0.717, 1.165) is 5.56 Å². The highest BCUT2D eigenvalue weighted by Gasteiger charge is 2.26. The van der Waals surface area contributed by atoms with Crippen molar-refractivity contribution in [2.75, 3.05) is 6.54 Å². The second kappa shape index (κ2) is 9.18. The zero-order chi connectivity index (χ0) is 20.8. The third kappa shape index (κ3) is 8.40. The van der Waals surface area contributed by atoms with Gasteiger partial charge in [0, 0.05) is 6.54 Å². The van der Waals surface area contributed by atoms with Gasteiger partial charge in [0.25, 0.3) is 0 Å². The fraction of sp³-hybridized carbons (Fsp3) is 0.556. The SMILES string of the molecule is CC(C)C(NC(=O)OC(C)(C)C)C(=O)NCCc1ccc(S(N)(=O)=O)cc1. The van der Waals surface area contributed by atoms with E-state index in [1.807, 2.05) is 13.8 Å². The van der Waals surface area contributed by atoms with Gasteiger partial charge in [0.05, 0.1) is 4.90 Å². The molecule has 1 aromatic rings. The molecule has 1 aromatic carbocycles. The first-order valence-electron chi connectivity index (χ1n) is 8.68. The zero-order valence-electron chi connectivity index (χ0n) is 16.4. The molecule has 0 heterocycles. The van der Waals surface area contributed by atoms with Crippen LogP contribution in [0.5, 0.6) is 0 Å². The predicted octanol–water partition coefficient (Wildman–Crippen LogP) is 1.54. The van der Waals surface area contributed by atoms with Gasteiger partial charge in [-0.2, -0.15) is 0 Å². The van der Waals surface area contributed by atoms with Crippen molar-refractivity contribution in [2.24, 2.45) is 11.1 Å². The Morgan fingerprint density at radius 1 is 1.15 bits per heavy atom. The first kappa shape index (κ1) is 22.9. The van der Waals surface area contributed by atoms with E-state index >= 15 is 0 Å². The number of amides is 2. The smallest absolute Gasteiger partial charge is 0.408 e. The molecule has 2 amide bonds. The fourth-order valence-corrected chi connectivity index (χ4v) is 2.77. The molecule has 1 rings (SSSR count). The van der Waals surface area contributed by atoms with Crippen LogP contribution in [0.25, 0.3) is 0 Å². The topological polar surface area (TPSA) is 128 Å². The van der Waals surface area contributed by atoms with Crippen LogP contribution in [0.15, 0.2) is 29.2 Å². The van der Waals surface area contributed by atoms with Crippen LogP contribution in [0, 0.1) is 5.92 Å². The van der Waals surface area contributed by atoms with E-state index in [-0.39, 0.29) is 16.7 Å². The first-order chi connectivity index (χ1) is 12.3. The molecule has 0 aromatic heterocycles. The summed E-state index contributed by atoms with van der Waals surface area (Å²) in [5.74, 6) is -0.427. The minimum atomic E-state index is -3.72. The summed E-state index contributed by atoms with van der Waals surface area (Å²) in [6, 6.07) is 5.42. The standard InChI is InChI=1S/C18H29N3O5S/c1-12(2)15(21-17(23)26-18(3,4)5)16(22)20-11-10-13-6-8-14(9-7-13)27(19,24)25/h6-9,12,15H,10-11H2,1-5H3,(H,20,22)(H,21,23)(H2,19,24,25). The molecule has 8 nitrogen and oxygen atoms in total. The predicted molar refractivity (Wildman–Crippen MR) is 103 cm³/mol. The highest BCUT2D eigenvalue weighted by molar-refractivity contribution is 7.89. The average Bonchev–Trinajstić information content (AvgIpc) is 2.50. The van der Waals surface area contributed by atoms with Gasteiger partial charge in [-0.15, -0.1) is 0 Å². The van der Waals surface area contributed by atoms with Gasteiger partial charge in [-0.3, -0.25) is 4.79 Å². The maximum Gasteiger partial charge on any atom is 0.408 e. The van der Waals surface area contributed by atoms with E-state index in [9.17, 15) is 18.0 Å². The number of nitrogens with one attached hydrogen (secondary N) is 2. The van der Waals surface area contributed by atoms with Crippen LogP contribution < -0.4 is 15.8 Å². The van der Waals surface area contributed by atoms with Crippen LogP contribution >= 0.6 is 0 Å². The van der Waals surface area contributed by atoms with Gasteiger partial charge in [0.1, 0.15) is 11.6 Å². The van der Waals surface area contributed by atoms with E-state index in [0.29, 0.717) is 13.0 Å². The summed E-state index contributed by atoms with van der Waals surface area (Å²) >= 11 is 0. The second-order valence-corrected chi connectivity index (χ2v) is 9.16. The molecule has 0 aliphatic heterocycles. The number of carbonyl (C=O) groups is 2. The van der Waals surface area contributed by atoms with Crippen LogP contribution in [0.3, 0.4) is 0 Å². The van der Waals surface area contributed by atoms with Crippen LogP contribution in [-0.2, 0) is 26.0 Å². The number of rotatable bonds is 7. The number of benzene rings is 1. The van der Waals surface area contributed by atoms with Gasteiger partial charge < -0.3 is 15.4 Å². The summed E-state index contributed by atoms with van der Waals surface area (Å²) in [6.45, 7) is 9.24. The second-order valence-electron chi connectivity index (χ2n) is 7.60. The van der Waals surface area contributed by atoms with E-state index in [1.54, 1.807) is 32.9 Å². The molecule has 0 spiro atoms. The normalized spacial score (nSPS) is 13.1. The molecule has 27 heavy (non-hydrogen) atoms. The van der Waals surface area contributed by atoms with Crippen molar-refractivity contribution in [2.45, 2.75) is 57.6 Å². The highest BCUT2D eigenvalue weighted by atomic mass is 32.2. The van der Waals surface area contributed by atoms with Crippen molar-refractivity contribution in [3.05, 3.63) is 29.8 Å².